The van der Waals surface area contributed by atoms with Gasteiger partial charge in [-0.3, -0.25) is 4.79 Å². The number of likely N-dealkylation sites (N-methyl/N-ethyl adjacent to an activating group) is 1. The molecule has 0 saturated carbocycles. The number of carbonyl (C=O) groups excluding carboxylic acids is 1. The number of hydrogen-bond acceptors (Lipinski definition) is 5. The van der Waals surface area contributed by atoms with Crippen molar-refractivity contribution in [1.29, 1.82) is 0 Å². The normalized spacial score (nSPS) is 12.8. The third-order valence-electron chi connectivity index (χ3n) is 2.92. The van der Waals surface area contributed by atoms with Crippen LogP contribution in [-0.4, -0.2) is 67.5 Å². The zero-order valence-corrected chi connectivity index (χ0v) is 15.3. The molecule has 1 atom stereocenters. The van der Waals surface area contributed by atoms with Crippen LogP contribution in [-0.2, 0) is 4.79 Å². The minimum Gasteiger partial charge on any atom is -0.356 e. The first-order valence-corrected chi connectivity index (χ1v) is 9.42. The first-order valence-electron chi connectivity index (χ1n) is 7.15. The SMILES string of the molecule is CSCCNC(=NCC(=O)N(C)C)NCC(C)c1nccs1. The number of rotatable bonds is 8. The zero-order chi connectivity index (χ0) is 16.4. The molecule has 1 aromatic rings. The standard InChI is InChI=1S/C14H25N5OS2/c1-11(13-15-6-8-22-13)9-17-14(16-5-7-21-4)18-10-12(20)19(2)3/h6,8,11H,5,7,9-10H2,1-4H3,(H2,16,17,18). The number of aromatic nitrogens is 1. The van der Waals surface area contributed by atoms with Crippen molar-refractivity contribution in [3.63, 3.8) is 0 Å². The Morgan fingerprint density at radius 3 is 2.86 bits per heavy atom. The van der Waals surface area contributed by atoms with Gasteiger partial charge in [0.15, 0.2) is 5.96 Å². The highest BCUT2D eigenvalue weighted by atomic mass is 32.2. The van der Waals surface area contributed by atoms with Gasteiger partial charge in [-0.15, -0.1) is 11.3 Å². The molecule has 2 N–H and O–H groups in total. The van der Waals surface area contributed by atoms with Crippen molar-refractivity contribution in [3.05, 3.63) is 16.6 Å². The van der Waals surface area contributed by atoms with E-state index in [1.165, 1.54) is 0 Å². The van der Waals surface area contributed by atoms with Crippen molar-refractivity contribution in [2.45, 2.75) is 12.8 Å². The fourth-order valence-electron chi connectivity index (χ4n) is 1.55. The van der Waals surface area contributed by atoms with E-state index in [4.69, 9.17) is 0 Å². The first kappa shape index (κ1) is 18.8. The number of carbonyl (C=O) groups is 1. The summed E-state index contributed by atoms with van der Waals surface area (Å²) in [7, 11) is 3.47. The number of amides is 1. The molecule has 0 fully saturated rings. The summed E-state index contributed by atoms with van der Waals surface area (Å²) in [6.45, 7) is 3.81. The molecule has 0 saturated heterocycles. The highest BCUT2D eigenvalue weighted by Gasteiger charge is 2.10. The summed E-state index contributed by atoms with van der Waals surface area (Å²) in [5.74, 6) is 1.95. The van der Waals surface area contributed by atoms with Crippen LogP contribution in [0.25, 0.3) is 0 Å². The average molecular weight is 344 g/mol. The molecule has 0 aliphatic heterocycles. The molecule has 0 radical (unpaired) electrons. The minimum atomic E-state index is -0.0149. The number of guanidine groups is 1. The van der Waals surface area contributed by atoms with E-state index in [0.29, 0.717) is 11.9 Å². The van der Waals surface area contributed by atoms with Crippen LogP contribution in [0.1, 0.15) is 17.8 Å². The molecule has 0 aliphatic rings. The minimum absolute atomic E-state index is 0.0149. The maximum Gasteiger partial charge on any atom is 0.243 e. The van der Waals surface area contributed by atoms with E-state index < -0.39 is 0 Å². The third-order valence-corrected chi connectivity index (χ3v) is 4.54. The second kappa shape index (κ2) is 10.4. The predicted octanol–water partition coefficient (Wildman–Crippen LogP) is 1.23. The van der Waals surface area contributed by atoms with Gasteiger partial charge in [-0.25, -0.2) is 9.98 Å². The lowest BCUT2D eigenvalue weighted by molar-refractivity contribution is -0.127. The molecule has 0 spiro atoms. The number of aliphatic imine (C=N–C) groups is 1. The van der Waals surface area contributed by atoms with Crippen molar-refractivity contribution in [3.8, 4) is 0 Å². The molecule has 0 aliphatic carbocycles. The van der Waals surface area contributed by atoms with Gasteiger partial charge in [0, 0.05) is 50.4 Å². The monoisotopic (exact) mass is 343 g/mol. The lowest BCUT2D eigenvalue weighted by Crippen LogP contribution is -2.41. The topological polar surface area (TPSA) is 69.6 Å². The van der Waals surface area contributed by atoms with E-state index in [1.807, 2.05) is 11.6 Å². The Labute approximate surface area is 140 Å². The molecule has 124 valence electrons. The van der Waals surface area contributed by atoms with Crippen LogP contribution >= 0.6 is 23.1 Å². The Bertz CT molecular complexity index is 462. The lowest BCUT2D eigenvalue weighted by atomic mass is 10.2. The lowest BCUT2D eigenvalue weighted by Gasteiger charge is -2.15. The Hall–Kier alpha value is -1.28. The molecule has 1 unspecified atom stereocenters. The fourth-order valence-corrected chi connectivity index (χ4v) is 2.55. The number of nitrogens with zero attached hydrogens (tertiary/aromatic N) is 3. The summed E-state index contributed by atoms with van der Waals surface area (Å²) in [5, 5.41) is 9.61. The molecule has 8 heteroatoms. The summed E-state index contributed by atoms with van der Waals surface area (Å²) in [6.07, 6.45) is 3.88. The van der Waals surface area contributed by atoms with Gasteiger partial charge < -0.3 is 15.5 Å². The van der Waals surface area contributed by atoms with Crippen LogP contribution in [0.3, 0.4) is 0 Å². The van der Waals surface area contributed by atoms with E-state index in [1.54, 1.807) is 42.1 Å². The molecular formula is C14H25N5OS2. The smallest absolute Gasteiger partial charge is 0.243 e. The number of nitrogens with one attached hydrogen (secondary N) is 2. The number of thioether (sulfide) groups is 1. The van der Waals surface area contributed by atoms with Gasteiger partial charge in [0.2, 0.25) is 5.91 Å². The largest absolute Gasteiger partial charge is 0.356 e. The Kier molecular flexibility index (Phi) is 8.91. The summed E-state index contributed by atoms with van der Waals surface area (Å²) < 4.78 is 0. The summed E-state index contributed by atoms with van der Waals surface area (Å²) in [6, 6.07) is 0. The van der Waals surface area contributed by atoms with Crippen LogP contribution < -0.4 is 10.6 Å². The fraction of sp³-hybridized carbons (Fsp3) is 0.643. The Morgan fingerprint density at radius 2 is 2.27 bits per heavy atom. The maximum absolute atomic E-state index is 11.7. The molecule has 6 nitrogen and oxygen atoms in total. The van der Waals surface area contributed by atoms with E-state index in [9.17, 15) is 4.79 Å². The van der Waals surface area contributed by atoms with E-state index in [0.717, 1.165) is 23.8 Å². The second-order valence-electron chi connectivity index (χ2n) is 5.02. The highest BCUT2D eigenvalue weighted by molar-refractivity contribution is 7.98. The quantitative estimate of drug-likeness (QED) is 0.422. The van der Waals surface area contributed by atoms with Crippen LogP contribution in [0.5, 0.6) is 0 Å². The van der Waals surface area contributed by atoms with Crippen molar-refractivity contribution < 1.29 is 4.79 Å². The van der Waals surface area contributed by atoms with Crippen molar-refractivity contribution in [1.82, 2.24) is 20.5 Å². The van der Waals surface area contributed by atoms with Gasteiger partial charge in [0.1, 0.15) is 6.54 Å². The van der Waals surface area contributed by atoms with Gasteiger partial charge in [0.05, 0.1) is 5.01 Å². The van der Waals surface area contributed by atoms with Crippen molar-refractivity contribution in [2.75, 3.05) is 45.7 Å². The Morgan fingerprint density at radius 1 is 1.50 bits per heavy atom. The van der Waals surface area contributed by atoms with E-state index in [-0.39, 0.29) is 12.5 Å². The molecule has 0 aromatic carbocycles. The van der Waals surface area contributed by atoms with Crippen molar-refractivity contribution >= 4 is 35.0 Å². The van der Waals surface area contributed by atoms with Gasteiger partial charge >= 0.3 is 0 Å². The molecule has 1 rings (SSSR count). The molecule has 1 amide bonds. The summed E-state index contributed by atoms with van der Waals surface area (Å²) in [5.41, 5.74) is 0. The molecule has 1 aromatic heterocycles. The average Bonchev–Trinajstić information content (AvgIpc) is 3.03. The zero-order valence-electron chi connectivity index (χ0n) is 13.6. The molecule has 0 bridgehead atoms. The summed E-state index contributed by atoms with van der Waals surface area (Å²) in [4.78, 5) is 21.9. The first-order chi connectivity index (χ1) is 10.5. The van der Waals surface area contributed by atoms with Crippen LogP contribution in [0.2, 0.25) is 0 Å². The second-order valence-corrected chi connectivity index (χ2v) is 6.94. The van der Waals surface area contributed by atoms with Crippen LogP contribution in [0.15, 0.2) is 16.6 Å². The molecule has 22 heavy (non-hydrogen) atoms. The van der Waals surface area contributed by atoms with Gasteiger partial charge in [-0.05, 0) is 6.26 Å². The van der Waals surface area contributed by atoms with E-state index >= 15 is 0 Å². The third kappa shape index (κ3) is 7.13. The van der Waals surface area contributed by atoms with Gasteiger partial charge in [-0.1, -0.05) is 6.92 Å². The van der Waals surface area contributed by atoms with Crippen LogP contribution in [0.4, 0.5) is 0 Å². The summed E-state index contributed by atoms with van der Waals surface area (Å²) >= 11 is 3.42. The maximum atomic E-state index is 11.7. The van der Waals surface area contributed by atoms with Gasteiger partial charge in [-0.2, -0.15) is 11.8 Å². The van der Waals surface area contributed by atoms with Gasteiger partial charge in [0.25, 0.3) is 0 Å². The Balaban J connectivity index is 2.53. The number of hydrogen-bond donors (Lipinski definition) is 2. The van der Waals surface area contributed by atoms with E-state index in [2.05, 4.69) is 33.8 Å². The van der Waals surface area contributed by atoms with Crippen molar-refractivity contribution in [2.24, 2.45) is 4.99 Å². The number of thiazole rings is 1. The predicted molar refractivity (Wildman–Crippen MR) is 95.9 cm³/mol. The molecule has 1 heterocycles. The molecular weight excluding hydrogens is 318 g/mol. The van der Waals surface area contributed by atoms with Crippen LogP contribution in [0, 0.1) is 0 Å². The highest BCUT2D eigenvalue weighted by Crippen LogP contribution is 2.16.